The van der Waals surface area contributed by atoms with Crippen LogP contribution in [0.3, 0.4) is 0 Å². The van der Waals surface area contributed by atoms with Gasteiger partial charge in [-0.2, -0.15) is 0 Å². The first-order chi connectivity index (χ1) is 16.4. The van der Waals surface area contributed by atoms with E-state index in [4.69, 9.17) is 14.2 Å². The molecule has 2 aliphatic heterocycles. The first-order valence-corrected chi connectivity index (χ1v) is 12.9. The Labute approximate surface area is 203 Å². The summed E-state index contributed by atoms with van der Waals surface area (Å²) in [5.41, 5.74) is 3.98. The molecule has 0 spiro atoms. The van der Waals surface area contributed by atoms with Crippen molar-refractivity contribution in [3.8, 4) is 11.5 Å². The summed E-state index contributed by atoms with van der Waals surface area (Å²) in [5.74, 6) is 2.02. The SMILES string of the molecule is C=C1CCC[C@]2(C)C[C@H]3OC(=O)[C@H](CN4CCc5cc(OC)c(OC)cc5[C@H]4CCO)[C@H]3C[C@H]12. The van der Waals surface area contributed by atoms with Crippen molar-refractivity contribution in [3.05, 3.63) is 35.4 Å². The number of carbonyl (C=O) groups is 1. The quantitative estimate of drug-likeness (QED) is 0.495. The number of benzene rings is 1. The molecule has 34 heavy (non-hydrogen) atoms. The average molecular weight is 470 g/mol. The molecule has 3 fully saturated rings. The third-order valence-electron chi connectivity index (χ3n) is 9.27. The number of nitrogens with zero attached hydrogens (tertiary/aromatic N) is 1. The number of carbonyl (C=O) groups excluding carboxylic acids is 1. The second-order valence-electron chi connectivity index (χ2n) is 11.1. The summed E-state index contributed by atoms with van der Waals surface area (Å²) in [5, 5.41) is 9.89. The van der Waals surface area contributed by atoms with E-state index in [0.29, 0.717) is 24.6 Å². The van der Waals surface area contributed by atoms with Crippen molar-refractivity contribution in [2.75, 3.05) is 33.9 Å². The van der Waals surface area contributed by atoms with E-state index in [1.807, 2.05) is 0 Å². The van der Waals surface area contributed by atoms with E-state index in [-0.39, 0.29) is 42.0 Å². The molecule has 5 rings (SSSR count). The van der Waals surface area contributed by atoms with Crippen molar-refractivity contribution in [1.82, 2.24) is 4.90 Å². The van der Waals surface area contributed by atoms with Crippen LogP contribution in [0.4, 0.5) is 0 Å². The van der Waals surface area contributed by atoms with Crippen LogP contribution in [0.5, 0.6) is 11.5 Å². The van der Waals surface area contributed by atoms with Gasteiger partial charge < -0.3 is 19.3 Å². The van der Waals surface area contributed by atoms with Crippen molar-refractivity contribution in [2.24, 2.45) is 23.2 Å². The van der Waals surface area contributed by atoms with Gasteiger partial charge in [0.05, 0.1) is 20.1 Å². The molecule has 1 aromatic rings. The van der Waals surface area contributed by atoms with E-state index in [1.165, 1.54) is 24.0 Å². The third kappa shape index (κ3) is 3.93. The molecule has 2 heterocycles. The summed E-state index contributed by atoms with van der Waals surface area (Å²) in [4.78, 5) is 15.5. The van der Waals surface area contributed by atoms with Gasteiger partial charge >= 0.3 is 5.97 Å². The minimum absolute atomic E-state index is 0.0300. The fourth-order valence-electron chi connectivity index (χ4n) is 7.48. The monoisotopic (exact) mass is 469 g/mol. The summed E-state index contributed by atoms with van der Waals surface area (Å²) >= 11 is 0. The first-order valence-electron chi connectivity index (χ1n) is 12.9. The number of methoxy groups -OCH3 is 2. The lowest BCUT2D eigenvalue weighted by Crippen LogP contribution is -2.46. The van der Waals surface area contributed by atoms with Crippen LogP contribution in [-0.4, -0.2) is 56.0 Å². The van der Waals surface area contributed by atoms with Crippen molar-refractivity contribution >= 4 is 5.97 Å². The van der Waals surface area contributed by atoms with E-state index < -0.39 is 0 Å². The second-order valence-corrected chi connectivity index (χ2v) is 11.1. The molecule has 0 aromatic heterocycles. The molecular formula is C28H39NO5. The van der Waals surface area contributed by atoms with Gasteiger partial charge in [-0.25, -0.2) is 0 Å². The maximum atomic E-state index is 13.1. The maximum Gasteiger partial charge on any atom is 0.310 e. The molecule has 186 valence electrons. The number of rotatable bonds is 6. The highest BCUT2D eigenvalue weighted by molar-refractivity contribution is 5.75. The molecule has 0 bridgehead atoms. The van der Waals surface area contributed by atoms with Crippen LogP contribution in [0.25, 0.3) is 0 Å². The zero-order valence-electron chi connectivity index (χ0n) is 20.8. The van der Waals surface area contributed by atoms with Gasteiger partial charge in [0.25, 0.3) is 0 Å². The van der Waals surface area contributed by atoms with Crippen LogP contribution in [0.2, 0.25) is 0 Å². The predicted octanol–water partition coefficient (Wildman–Crippen LogP) is 4.30. The van der Waals surface area contributed by atoms with Gasteiger partial charge in [-0.3, -0.25) is 9.69 Å². The number of hydrogen-bond donors (Lipinski definition) is 1. The molecule has 6 atom stereocenters. The number of allylic oxidation sites excluding steroid dienone is 1. The second kappa shape index (κ2) is 9.19. The van der Waals surface area contributed by atoms with Crippen LogP contribution in [0, 0.1) is 23.2 Å². The maximum absolute atomic E-state index is 13.1. The number of aliphatic hydroxyl groups is 1. The van der Waals surface area contributed by atoms with Crippen LogP contribution >= 0.6 is 0 Å². The van der Waals surface area contributed by atoms with Crippen molar-refractivity contribution in [1.29, 1.82) is 0 Å². The van der Waals surface area contributed by atoms with Gasteiger partial charge in [0, 0.05) is 31.7 Å². The number of aliphatic hydroxyl groups excluding tert-OH is 1. The Morgan fingerprint density at radius 3 is 2.74 bits per heavy atom. The van der Waals surface area contributed by atoms with E-state index in [0.717, 1.165) is 43.5 Å². The normalized spacial score (nSPS) is 35.2. The van der Waals surface area contributed by atoms with Crippen LogP contribution in [0.15, 0.2) is 24.3 Å². The standard InChI is InChI=1S/C28H39NO5/c1-17-6-5-9-28(2)15-26-20(13-22(17)28)21(27(31)34-26)16-29-10-7-18-12-24(32-3)25(33-4)14-19(18)23(29)8-11-30/h12,14,20-23,26,30H,1,5-11,13,15-16H2,2-4H3/t20-,21-,22-,23-,26-,28-/m1/s1. The molecule has 2 saturated carbocycles. The van der Waals surface area contributed by atoms with E-state index in [2.05, 4.69) is 30.5 Å². The zero-order valence-corrected chi connectivity index (χ0v) is 20.8. The van der Waals surface area contributed by atoms with Crippen molar-refractivity contribution < 1.29 is 24.1 Å². The first kappa shape index (κ1) is 23.7. The molecule has 6 heteroatoms. The highest BCUT2D eigenvalue weighted by Gasteiger charge is 2.55. The Hall–Kier alpha value is -2.05. The molecule has 1 saturated heterocycles. The molecule has 0 radical (unpaired) electrons. The lowest BCUT2D eigenvalue weighted by Gasteiger charge is -2.50. The molecule has 0 amide bonds. The highest BCUT2D eigenvalue weighted by atomic mass is 16.6. The fraction of sp³-hybridized carbons (Fsp3) is 0.679. The Morgan fingerprint density at radius 1 is 1.24 bits per heavy atom. The summed E-state index contributed by atoms with van der Waals surface area (Å²) in [6.07, 6.45) is 7.02. The molecule has 2 aliphatic carbocycles. The van der Waals surface area contributed by atoms with Gasteiger partial charge in [-0.15, -0.1) is 0 Å². The molecule has 4 aliphatic rings. The number of fused-ring (bicyclic) bond motifs is 3. The number of esters is 1. The fourth-order valence-corrected chi connectivity index (χ4v) is 7.48. The average Bonchev–Trinajstić information content (AvgIpc) is 3.11. The number of hydrogen-bond acceptors (Lipinski definition) is 6. The third-order valence-corrected chi connectivity index (χ3v) is 9.27. The summed E-state index contributed by atoms with van der Waals surface area (Å²) in [6.45, 7) is 8.42. The highest BCUT2D eigenvalue weighted by Crippen LogP contribution is 2.57. The topological polar surface area (TPSA) is 68.2 Å². The zero-order chi connectivity index (χ0) is 24.0. The minimum atomic E-state index is -0.118. The Bertz CT molecular complexity index is 960. The van der Waals surface area contributed by atoms with Crippen molar-refractivity contribution in [3.63, 3.8) is 0 Å². The molecular weight excluding hydrogens is 430 g/mol. The Morgan fingerprint density at radius 2 is 2.00 bits per heavy atom. The molecule has 1 N–H and O–H groups in total. The Kier molecular flexibility index (Phi) is 6.40. The summed E-state index contributed by atoms with van der Waals surface area (Å²) < 4.78 is 17.1. The smallest absolute Gasteiger partial charge is 0.310 e. The summed E-state index contributed by atoms with van der Waals surface area (Å²) in [6, 6.07) is 4.15. The molecule has 1 aromatic carbocycles. The van der Waals surface area contributed by atoms with E-state index in [1.54, 1.807) is 14.2 Å². The van der Waals surface area contributed by atoms with Gasteiger partial charge in [-0.05, 0) is 79.5 Å². The van der Waals surface area contributed by atoms with Crippen LogP contribution < -0.4 is 9.47 Å². The lowest BCUT2D eigenvalue weighted by atomic mass is 9.55. The van der Waals surface area contributed by atoms with E-state index in [9.17, 15) is 9.90 Å². The van der Waals surface area contributed by atoms with Gasteiger partial charge in [-0.1, -0.05) is 19.1 Å². The minimum Gasteiger partial charge on any atom is -0.493 e. The Balaban J connectivity index is 1.39. The predicted molar refractivity (Wildman–Crippen MR) is 130 cm³/mol. The molecule has 0 unspecified atom stereocenters. The van der Waals surface area contributed by atoms with Crippen LogP contribution in [-0.2, 0) is 16.0 Å². The van der Waals surface area contributed by atoms with E-state index >= 15 is 0 Å². The van der Waals surface area contributed by atoms with Gasteiger partial charge in [0.1, 0.15) is 6.10 Å². The van der Waals surface area contributed by atoms with Gasteiger partial charge in [0.2, 0.25) is 0 Å². The van der Waals surface area contributed by atoms with Crippen molar-refractivity contribution in [2.45, 2.75) is 64.0 Å². The largest absolute Gasteiger partial charge is 0.493 e. The van der Waals surface area contributed by atoms with Gasteiger partial charge in [0.15, 0.2) is 11.5 Å². The molecule has 6 nitrogen and oxygen atoms in total. The number of ether oxygens (including phenoxy) is 3. The van der Waals surface area contributed by atoms with Crippen LogP contribution in [0.1, 0.15) is 62.6 Å². The summed E-state index contributed by atoms with van der Waals surface area (Å²) in [7, 11) is 3.30. The lowest BCUT2D eigenvalue weighted by molar-refractivity contribution is -0.146.